The first-order valence-electron chi connectivity index (χ1n) is 5.89. The molecule has 20 heavy (non-hydrogen) atoms. The van der Waals surface area contributed by atoms with E-state index in [4.69, 9.17) is 23.2 Å². The Hall–Kier alpha value is -1.59. The smallest absolute Gasteiger partial charge is 0.299 e. The van der Waals surface area contributed by atoms with Crippen LogP contribution in [0.15, 0.2) is 12.1 Å². The van der Waals surface area contributed by atoms with Crippen molar-refractivity contribution in [3.8, 4) is 0 Å². The van der Waals surface area contributed by atoms with E-state index in [2.05, 4.69) is 0 Å². The molecule has 2 rings (SSSR count). The predicted molar refractivity (Wildman–Crippen MR) is 76.5 cm³/mol. The highest BCUT2D eigenvalue weighted by atomic mass is 35.5. The molecule has 2 amide bonds. The van der Waals surface area contributed by atoms with Crippen LogP contribution in [0.4, 0.5) is 5.69 Å². The maximum absolute atomic E-state index is 12.0. The van der Waals surface area contributed by atoms with Gasteiger partial charge in [0.25, 0.3) is 11.7 Å². The zero-order valence-electron chi connectivity index (χ0n) is 10.9. The van der Waals surface area contributed by atoms with Crippen molar-refractivity contribution in [2.45, 2.75) is 6.42 Å². The fourth-order valence-corrected chi connectivity index (χ4v) is 2.49. The number of Topliss-reactive ketones (excluding diaryl/α,β-unsaturated/α-hetero) is 1. The number of amides is 2. The molecule has 1 heterocycles. The van der Waals surface area contributed by atoms with Crippen LogP contribution in [-0.4, -0.2) is 43.1 Å². The van der Waals surface area contributed by atoms with Crippen LogP contribution < -0.4 is 4.90 Å². The van der Waals surface area contributed by atoms with Crippen molar-refractivity contribution in [1.29, 1.82) is 0 Å². The number of carbonyl (C=O) groups excluding carboxylic acids is 3. The van der Waals surface area contributed by atoms with Crippen LogP contribution in [0.3, 0.4) is 0 Å². The van der Waals surface area contributed by atoms with E-state index in [1.165, 1.54) is 21.9 Å². The highest BCUT2D eigenvalue weighted by Crippen LogP contribution is 2.39. The molecule has 0 bridgehead atoms. The van der Waals surface area contributed by atoms with Gasteiger partial charge in [-0.25, -0.2) is 0 Å². The van der Waals surface area contributed by atoms with Crippen LogP contribution >= 0.6 is 23.2 Å². The Balaban J connectivity index is 2.34. The number of anilines is 1. The SMILES string of the molecule is CN(C)C(=O)CCN1C(=O)C(=O)c2c(Cl)ccc(Cl)c21. The third kappa shape index (κ3) is 2.39. The molecule has 106 valence electrons. The zero-order chi connectivity index (χ0) is 15.0. The number of hydrogen-bond acceptors (Lipinski definition) is 3. The molecule has 5 nitrogen and oxygen atoms in total. The van der Waals surface area contributed by atoms with E-state index in [1.54, 1.807) is 14.1 Å². The predicted octanol–water partition coefficient (Wildman–Crippen LogP) is 2.00. The van der Waals surface area contributed by atoms with Gasteiger partial charge in [0, 0.05) is 27.1 Å². The molecule has 0 saturated carbocycles. The lowest BCUT2D eigenvalue weighted by molar-refractivity contribution is -0.128. The van der Waals surface area contributed by atoms with E-state index in [0.29, 0.717) is 5.69 Å². The first-order valence-corrected chi connectivity index (χ1v) is 6.64. The second-order valence-electron chi connectivity index (χ2n) is 4.58. The minimum atomic E-state index is -0.707. The van der Waals surface area contributed by atoms with Gasteiger partial charge in [-0.15, -0.1) is 0 Å². The van der Waals surface area contributed by atoms with Gasteiger partial charge in [-0.1, -0.05) is 23.2 Å². The van der Waals surface area contributed by atoms with Crippen LogP contribution in [0.5, 0.6) is 0 Å². The quantitative estimate of drug-likeness (QED) is 0.802. The molecular formula is C13H12Cl2N2O3. The molecule has 0 unspecified atom stereocenters. The molecule has 7 heteroatoms. The van der Waals surface area contributed by atoms with Gasteiger partial charge in [0.15, 0.2) is 0 Å². The standard InChI is InChI=1S/C13H12Cl2N2O3/c1-16(2)9(18)5-6-17-11-8(15)4-3-7(14)10(11)12(19)13(17)20/h3-4H,5-6H2,1-2H3. The van der Waals surface area contributed by atoms with Crippen molar-refractivity contribution in [2.75, 3.05) is 25.5 Å². The lowest BCUT2D eigenvalue weighted by Crippen LogP contribution is -2.34. The molecule has 0 saturated heterocycles. The number of benzene rings is 1. The number of carbonyl (C=O) groups is 3. The highest BCUT2D eigenvalue weighted by molar-refractivity contribution is 6.57. The number of rotatable bonds is 3. The van der Waals surface area contributed by atoms with Crippen molar-refractivity contribution < 1.29 is 14.4 Å². The van der Waals surface area contributed by atoms with Gasteiger partial charge in [0.2, 0.25) is 5.91 Å². The molecule has 0 radical (unpaired) electrons. The molecule has 0 aromatic heterocycles. The Labute approximate surface area is 126 Å². The van der Waals surface area contributed by atoms with E-state index in [1.807, 2.05) is 0 Å². The van der Waals surface area contributed by atoms with Gasteiger partial charge in [-0.05, 0) is 12.1 Å². The minimum absolute atomic E-state index is 0.0919. The van der Waals surface area contributed by atoms with Gasteiger partial charge in [0.1, 0.15) is 0 Å². The number of nitrogens with zero attached hydrogens (tertiary/aromatic N) is 2. The molecule has 1 aliphatic rings. The monoisotopic (exact) mass is 314 g/mol. The maximum Gasteiger partial charge on any atom is 0.299 e. The van der Waals surface area contributed by atoms with E-state index < -0.39 is 11.7 Å². The zero-order valence-corrected chi connectivity index (χ0v) is 12.5. The van der Waals surface area contributed by atoms with E-state index in [-0.39, 0.29) is 34.5 Å². The van der Waals surface area contributed by atoms with Crippen molar-refractivity contribution in [2.24, 2.45) is 0 Å². The average molecular weight is 315 g/mol. The topological polar surface area (TPSA) is 57.7 Å². The van der Waals surface area contributed by atoms with Gasteiger partial charge in [0.05, 0.1) is 21.3 Å². The summed E-state index contributed by atoms with van der Waals surface area (Å²) in [5, 5.41) is 0.449. The number of fused-ring (bicyclic) bond motifs is 1. The van der Waals surface area contributed by atoms with Gasteiger partial charge < -0.3 is 9.80 Å². The molecule has 1 aromatic carbocycles. The largest absolute Gasteiger partial charge is 0.349 e. The van der Waals surface area contributed by atoms with Gasteiger partial charge in [-0.2, -0.15) is 0 Å². The summed E-state index contributed by atoms with van der Waals surface area (Å²) in [6.07, 6.45) is 0.105. The normalized spacial score (nSPS) is 13.7. The lowest BCUT2D eigenvalue weighted by atomic mass is 10.1. The second-order valence-corrected chi connectivity index (χ2v) is 5.39. The summed E-state index contributed by atoms with van der Waals surface area (Å²) >= 11 is 12.0. The second kappa shape index (κ2) is 5.42. The van der Waals surface area contributed by atoms with E-state index in [0.717, 1.165) is 0 Å². The van der Waals surface area contributed by atoms with Gasteiger partial charge >= 0.3 is 0 Å². The summed E-state index contributed by atoms with van der Waals surface area (Å²) in [4.78, 5) is 38.1. The fraction of sp³-hybridized carbons (Fsp3) is 0.308. The van der Waals surface area contributed by atoms with E-state index >= 15 is 0 Å². The average Bonchev–Trinajstić information content (AvgIpc) is 2.65. The number of hydrogen-bond donors (Lipinski definition) is 0. The van der Waals surface area contributed by atoms with Crippen molar-refractivity contribution in [3.63, 3.8) is 0 Å². The first kappa shape index (κ1) is 14.8. The van der Waals surface area contributed by atoms with Crippen LogP contribution in [0.1, 0.15) is 16.8 Å². The molecule has 1 aliphatic heterocycles. The Bertz CT molecular complexity index is 614. The Morgan fingerprint density at radius 2 is 1.80 bits per heavy atom. The van der Waals surface area contributed by atoms with Gasteiger partial charge in [-0.3, -0.25) is 14.4 Å². The number of halogens is 2. The van der Waals surface area contributed by atoms with Crippen molar-refractivity contribution in [3.05, 3.63) is 27.7 Å². The molecule has 0 aliphatic carbocycles. The molecule has 0 fully saturated rings. The lowest BCUT2D eigenvalue weighted by Gasteiger charge is -2.18. The first-order chi connectivity index (χ1) is 9.34. The molecule has 0 atom stereocenters. The molecule has 0 spiro atoms. The third-order valence-electron chi connectivity index (χ3n) is 3.06. The summed E-state index contributed by atoms with van der Waals surface area (Å²) in [6.45, 7) is 0.0919. The van der Waals surface area contributed by atoms with Crippen LogP contribution in [0, 0.1) is 0 Å². The third-order valence-corrected chi connectivity index (χ3v) is 3.68. The molecular weight excluding hydrogens is 303 g/mol. The fourth-order valence-electron chi connectivity index (χ4n) is 2.00. The summed E-state index contributed by atoms with van der Waals surface area (Å²) in [5.41, 5.74) is 0.405. The Morgan fingerprint density at radius 1 is 1.20 bits per heavy atom. The Kier molecular flexibility index (Phi) is 4.01. The summed E-state index contributed by atoms with van der Waals surface area (Å²) in [6, 6.07) is 3.00. The Morgan fingerprint density at radius 3 is 2.40 bits per heavy atom. The maximum atomic E-state index is 12.0. The van der Waals surface area contributed by atoms with Crippen LogP contribution in [0.2, 0.25) is 10.0 Å². The van der Waals surface area contributed by atoms with Crippen LogP contribution in [-0.2, 0) is 9.59 Å². The summed E-state index contributed by atoms with van der Waals surface area (Å²) in [7, 11) is 3.24. The summed E-state index contributed by atoms with van der Waals surface area (Å²) in [5.74, 6) is -1.54. The van der Waals surface area contributed by atoms with Crippen LogP contribution in [0.25, 0.3) is 0 Å². The van der Waals surface area contributed by atoms with Crippen molar-refractivity contribution >= 4 is 46.5 Å². The van der Waals surface area contributed by atoms with E-state index in [9.17, 15) is 14.4 Å². The molecule has 1 aromatic rings. The minimum Gasteiger partial charge on any atom is -0.349 e. The highest BCUT2D eigenvalue weighted by Gasteiger charge is 2.39. The molecule has 0 N–H and O–H groups in total. The number of ketones is 1. The summed E-state index contributed by atoms with van der Waals surface area (Å²) < 4.78 is 0. The van der Waals surface area contributed by atoms with Crippen molar-refractivity contribution in [1.82, 2.24) is 4.90 Å².